The van der Waals surface area contributed by atoms with Crippen LogP contribution < -0.4 is 4.90 Å². The quantitative estimate of drug-likeness (QED) is 0.325. The van der Waals surface area contributed by atoms with E-state index in [-0.39, 0.29) is 39.0 Å². The second-order valence-electron chi connectivity index (χ2n) is 8.50. The molecule has 0 atom stereocenters. The van der Waals surface area contributed by atoms with E-state index >= 15 is 0 Å². The summed E-state index contributed by atoms with van der Waals surface area (Å²) in [5.74, 6) is 0.868. The smallest absolute Gasteiger partial charge is 0.159 e. The van der Waals surface area contributed by atoms with Gasteiger partial charge in [0.05, 0.1) is 31.7 Å². The number of anilines is 1. The van der Waals surface area contributed by atoms with Crippen LogP contribution in [0, 0.1) is 17.2 Å². The van der Waals surface area contributed by atoms with Crippen molar-refractivity contribution in [2.45, 2.75) is 45.9 Å². The van der Waals surface area contributed by atoms with E-state index in [2.05, 4.69) is 64.3 Å². The molecule has 0 unspecified atom stereocenters. The summed E-state index contributed by atoms with van der Waals surface area (Å²) in [6.45, 7) is 10.2. The van der Waals surface area contributed by atoms with Crippen LogP contribution in [0.2, 0.25) is 0 Å². The van der Waals surface area contributed by atoms with Crippen LogP contribution in [0.1, 0.15) is 49.9 Å². The minimum atomic E-state index is -0.199. The molecule has 1 aliphatic rings. The number of hydrogen-bond donors (Lipinski definition) is 1. The fourth-order valence-corrected chi connectivity index (χ4v) is 3.54. The molecule has 2 aromatic rings. The van der Waals surface area contributed by atoms with Crippen molar-refractivity contribution in [3.63, 3.8) is 0 Å². The standard InChI is InChI=1S/C24H31N4O2.C2H6O2.Y/c1-18(2)21-6-4-19(5-7-21)15-28(23-9-8-22(12-25)27-14-23)11-10-24-29-16-20(13-26-3)17-30-24;1-2-4-3;/h4-9,14,18,20,24H,10-11,13,15-17H2,1-3H3;3H,2H2,1H3;/q-1;;. The van der Waals surface area contributed by atoms with Crippen molar-refractivity contribution >= 4 is 5.69 Å². The van der Waals surface area contributed by atoms with Crippen LogP contribution in [0.3, 0.4) is 0 Å². The van der Waals surface area contributed by atoms with Gasteiger partial charge in [0.2, 0.25) is 0 Å². The van der Waals surface area contributed by atoms with E-state index in [1.54, 1.807) is 19.2 Å². The molecule has 1 aliphatic heterocycles. The first-order valence-electron chi connectivity index (χ1n) is 11.8. The fraction of sp³-hybridized carbons (Fsp3) is 0.538. The molecule has 0 saturated carbocycles. The van der Waals surface area contributed by atoms with Crippen LogP contribution in [0.15, 0.2) is 42.6 Å². The van der Waals surface area contributed by atoms with Crippen LogP contribution in [-0.2, 0) is 53.6 Å². The third kappa shape index (κ3) is 11.4. The van der Waals surface area contributed by atoms with E-state index in [0.717, 1.165) is 31.7 Å². The van der Waals surface area contributed by atoms with Crippen molar-refractivity contribution < 1.29 is 52.3 Å². The zero-order chi connectivity index (χ0) is 24.8. The van der Waals surface area contributed by atoms with Gasteiger partial charge in [-0.2, -0.15) is 12.3 Å². The number of benzene rings is 1. The van der Waals surface area contributed by atoms with Crippen molar-refractivity contribution in [3.8, 4) is 6.07 Å². The van der Waals surface area contributed by atoms with Crippen molar-refractivity contribution in [2.24, 2.45) is 5.92 Å². The molecular formula is C26H37N4O4Y-. The van der Waals surface area contributed by atoms with Crippen LogP contribution in [0.4, 0.5) is 5.69 Å². The number of aromatic nitrogens is 1. The maximum Gasteiger partial charge on any atom is 0.159 e. The van der Waals surface area contributed by atoms with Gasteiger partial charge in [-0.15, -0.1) is 6.54 Å². The molecule has 1 N–H and O–H groups in total. The Morgan fingerprint density at radius 1 is 1.20 bits per heavy atom. The Kier molecular flexibility index (Phi) is 16.2. The molecule has 189 valence electrons. The summed E-state index contributed by atoms with van der Waals surface area (Å²) < 4.78 is 11.8. The molecule has 3 rings (SSSR count). The Morgan fingerprint density at radius 2 is 1.86 bits per heavy atom. The minimum Gasteiger partial charge on any atom is -0.665 e. The van der Waals surface area contributed by atoms with Crippen molar-refractivity contribution in [1.29, 1.82) is 5.26 Å². The third-order valence-electron chi connectivity index (χ3n) is 5.49. The molecule has 0 amide bonds. The molecule has 0 bridgehead atoms. The summed E-state index contributed by atoms with van der Waals surface area (Å²) in [6, 6.07) is 14.6. The molecule has 1 aromatic carbocycles. The van der Waals surface area contributed by atoms with Crippen LogP contribution in [-0.4, -0.2) is 56.5 Å². The predicted octanol–water partition coefficient (Wildman–Crippen LogP) is 4.96. The van der Waals surface area contributed by atoms with E-state index in [1.165, 1.54) is 11.1 Å². The molecule has 1 radical (unpaired) electrons. The Hall–Kier alpha value is -1.44. The Balaban J connectivity index is 0.00000114. The van der Waals surface area contributed by atoms with Gasteiger partial charge in [0, 0.05) is 52.2 Å². The van der Waals surface area contributed by atoms with Gasteiger partial charge < -0.3 is 19.7 Å². The molecular weight excluding hydrogens is 521 g/mol. The van der Waals surface area contributed by atoms with Gasteiger partial charge in [-0.3, -0.25) is 5.26 Å². The molecule has 1 fully saturated rings. The summed E-state index contributed by atoms with van der Waals surface area (Å²) >= 11 is 0. The number of nitrogens with zero attached hydrogens (tertiary/aromatic N) is 4. The first-order chi connectivity index (χ1) is 16.5. The van der Waals surface area contributed by atoms with Crippen LogP contribution in [0.5, 0.6) is 0 Å². The second kappa shape index (κ2) is 17.9. The van der Waals surface area contributed by atoms with E-state index in [1.807, 2.05) is 13.1 Å². The van der Waals surface area contributed by atoms with E-state index in [0.29, 0.717) is 37.4 Å². The largest absolute Gasteiger partial charge is 0.665 e. The first-order valence-corrected chi connectivity index (χ1v) is 11.8. The number of pyridine rings is 1. The fourth-order valence-electron chi connectivity index (χ4n) is 3.54. The molecule has 2 heterocycles. The maximum atomic E-state index is 9.04. The Morgan fingerprint density at radius 3 is 2.34 bits per heavy atom. The average molecular weight is 559 g/mol. The van der Waals surface area contributed by atoms with Gasteiger partial charge in [0.15, 0.2) is 6.29 Å². The first kappa shape index (κ1) is 31.6. The van der Waals surface area contributed by atoms with Gasteiger partial charge in [0.25, 0.3) is 0 Å². The normalized spacial score (nSPS) is 17.1. The van der Waals surface area contributed by atoms with Crippen LogP contribution in [0.25, 0.3) is 5.32 Å². The average Bonchev–Trinajstić information content (AvgIpc) is 2.88. The van der Waals surface area contributed by atoms with Crippen LogP contribution >= 0.6 is 0 Å². The van der Waals surface area contributed by atoms with Crippen molar-refractivity contribution in [1.82, 2.24) is 4.98 Å². The van der Waals surface area contributed by atoms with Crippen molar-refractivity contribution in [3.05, 3.63) is 64.7 Å². The second-order valence-corrected chi connectivity index (χ2v) is 8.50. The predicted molar refractivity (Wildman–Crippen MR) is 133 cm³/mol. The molecule has 0 aliphatic carbocycles. The van der Waals surface area contributed by atoms with Gasteiger partial charge in [-0.25, -0.2) is 9.87 Å². The van der Waals surface area contributed by atoms with Gasteiger partial charge in [0.1, 0.15) is 11.8 Å². The molecule has 35 heavy (non-hydrogen) atoms. The number of rotatable bonds is 10. The van der Waals surface area contributed by atoms with Crippen molar-refractivity contribution in [2.75, 3.05) is 44.9 Å². The summed E-state index contributed by atoms with van der Waals surface area (Å²) in [6.07, 6.45) is 2.33. The molecule has 0 spiro atoms. The zero-order valence-electron chi connectivity index (χ0n) is 21.3. The van der Waals surface area contributed by atoms with Gasteiger partial charge in [-0.1, -0.05) is 38.1 Å². The SMILES string of the molecule is CCOO.C[N-]CC1COC(CCN(Cc2ccc(C(C)C)cc2)c2ccc(C#N)nc2)OC1.[Y]. The minimum absolute atomic E-state index is 0. The number of nitriles is 1. The third-order valence-corrected chi connectivity index (χ3v) is 5.49. The number of ether oxygens (including phenoxy) is 2. The van der Waals surface area contributed by atoms with E-state index in [9.17, 15) is 0 Å². The molecule has 1 saturated heterocycles. The summed E-state index contributed by atoms with van der Waals surface area (Å²) in [5, 5.41) is 20.6. The molecule has 8 nitrogen and oxygen atoms in total. The molecule has 9 heteroatoms. The zero-order valence-corrected chi connectivity index (χ0v) is 24.1. The summed E-state index contributed by atoms with van der Waals surface area (Å²) in [7, 11) is 1.82. The van der Waals surface area contributed by atoms with E-state index in [4.69, 9.17) is 20.0 Å². The maximum absolute atomic E-state index is 9.04. The van der Waals surface area contributed by atoms with Gasteiger partial charge >= 0.3 is 0 Å². The Bertz CT molecular complexity index is 849. The Labute approximate surface area is 234 Å². The van der Waals surface area contributed by atoms with E-state index < -0.39 is 0 Å². The summed E-state index contributed by atoms with van der Waals surface area (Å²) in [4.78, 5) is 10.1. The monoisotopic (exact) mass is 558 g/mol. The molecule has 1 aromatic heterocycles. The van der Waals surface area contributed by atoms with Gasteiger partial charge in [-0.05, 0) is 42.0 Å². The topological polar surface area (TPSA) is 102 Å². The number of hydrogen-bond acceptors (Lipinski definition) is 7. The summed E-state index contributed by atoms with van der Waals surface area (Å²) in [5.41, 5.74) is 3.98.